The van der Waals surface area contributed by atoms with Gasteiger partial charge in [0.1, 0.15) is 35.1 Å². The van der Waals surface area contributed by atoms with Gasteiger partial charge in [-0.05, 0) is 60.4 Å². The van der Waals surface area contributed by atoms with E-state index in [-0.39, 0.29) is 11.6 Å². The fourth-order valence-corrected chi connectivity index (χ4v) is 7.08. The second-order valence-corrected chi connectivity index (χ2v) is 18.5. The maximum absolute atomic E-state index is 12.2. The number of ether oxygens (including phenoxy) is 4. The minimum absolute atomic E-state index is 0.0617. The molecule has 1 fully saturated rings. The van der Waals surface area contributed by atoms with Crippen LogP contribution in [-0.4, -0.2) is 56.5 Å². The van der Waals surface area contributed by atoms with E-state index in [4.69, 9.17) is 23.4 Å². The molecule has 0 spiro atoms. The second kappa shape index (κ2) is 14.1. The molecule has 3 aromatic carbocycles. The summed E-state index contributed by atoms with van der Waals surface area (Å²) >= 11 is 1.59. The van der Waals surface area contributed by atoms with Gasteiger partial charge < -0.3 is 28.5 Å². The molecule has 0 radical (unpaired) electrons. The van der Waals surface area contributed by atoms with Crippen molar-refractivity contribution >= 4 is 20.1 Å². The number of rotatable bonds is 12. The number of hydrogen-bond acceptors (Lipinski definition) is 7. The molecular formula is C34H46O6SSi. The molecule has 6 nitrogen and oxygen atoms in total. The minimum atomic E-state index is -2.33. The van der Waals surface area contributed by atoms with Gasteiger partial charge in [0.25, 0.3) is 0 Å². The van der Waals surface area contributed by atoms with Crippen molar-refractivity contribution in [2.75, 3.05) is 13.7 Å². The third-order valence-electron chi connectivity index (χ3n) is 8.30. The zero-order valence-corrected chi connectivity index (χ0v) is 27.7. The molecule has 1 aliphatic heterocycles. The van der Waals surface area contributed by atoms with Gasteiger partial charge in [-0.15, -0.1) is 0 Å². The van der Waals surface area contributed by atoms with Crippen LogP contribution in [0.15, 0.2) is 89.8 Å². The summed E-state index contributed by atoms with van der Waals surface area (Å²) in [6, 6.07) is 28.0. The second-order valence-electron chi connectivity index (χ2n) is 12.6. The van der Waals surface area contributed by atoms with Crippen molar-refractivity contribution < 1.29 is 28.5 Å². The highest BCUT2D eigenvalue weighted by Crippen LogP contribution is 2.45. The first-order chi connectivity index (χ1) is 19.9. The van der Waals surface area contributed by atoms with E-state index < -0.39 is 37.7 Å². The molecular weight excluding hydrogens is 565 g/mol. The fourth-order valence-electron chi connectivity index (χ4n) is 4.59. The van der Waals surface area contributed by atoms with E-state index in [9.17, 15) is 5.11 Å². The summed E-state index contributed by atoms with van der Waals surface area (Å²) in [7, 11) is -0.683. The molecule has 5 atom stereocenters. The SMILES string of the molecule is COc1ccc(COC[C@H]2O[C@@H](Sc3ccccc3)[C@H](OCc3ccccc3)[C@@H](O[Si](C)(C)C(C)(C)C)[C@@]2(C)O)cc1. The van der Waals surface area contributed by atoms with E-state index >= 15 is 0 Å². The molecule has 0 saturated carbocycles. The number of benzene rings is 3. The Morgan fingerprint density at radius 1 is 0.881 bits per heavy atom. The first kappa shape index (κ1) is 32.7. The van der Waals surface area contributed by atoms with Crippen molar-refractivity contribution in [3.63, 3.8) is 0 Å². The highest BCUT2D eigenvalue weighted by Gasteiger charge is 2.57. The molecule has 4 rings (SSSR count). The molecule has 8 heteroatoms. The Balaban J connectivity index is 1.63. The summed E-state index contributed by atoms with van der Waals surface area (Å²) in [5.74, 6) is 0.797. The molecule has 0 aromatic heterocycles. The van der Waals surface area contributed by atoms with Crippen molar-refractivity contribution in [1.82, 2.24) is 0 Å². The van der Waals surface area contributed by atoms with E-state index in [1.54, 1.807) is 25.8 Å². The van der Waals surface area contributed by atoms with E-state index in [1.165, 1.54) is 0 Å². The molecule has 1 N–H and O–H groups in total. The number of thioether (sulfide) groups is 1. The van der Waals surface area contributed by atoms with E-state index in [0.29, 0.717) is 13.2 Å². The van der Waals surface area contributed by atoms with E-state index in [0.717, 1.165) is 21.8 Å². The molecule has 0 bridgehead atoms. The van der Waals surface area contributed by atoms with Gasteiger partial charge in [-0.25, -0.2) is 0 Å². The smallest absolute Gasteiger partial charge is 0.192 e. The van der Waals surface area contributed by atoms with Crippen LogP contribution in [0.1, 0.15) is 38.8 Å². The van der Waals surface area contributed by atoms with Crippen molar-refractivity contribution in [1.29, 1.82) is 0 Å². The van der Waals surface area contributed by atoms with E-state index in [2.05, 4.69) is 46.0 Å². The van der Waals surface area contributed by atoms with Crippen LogP contribution in [0, 0.1) is 0 Å². The molecule has 1 heterocycles. The third kappa shape index (κ3) is 8.26. The molecule has 3 aromatic rings. The van der Waals surface area contributed by atoms with E-state index in [1.807, 2.05) is 72.8 Å². The third-order valence-corrected chi connectivity index (χ3v) is 13.9. The van der Waals surface area contributed by atoms with Crippen LogP contribution in [-0.2, 0) is 31.9 Å². The molecule has 228 valence electrons. The minimum Gasteiger partial charge on any atom is -0.497 e. The Morgan fingerprint density at radius 3 is 2.07 bits per heavy atom. The lowest BCUT2D eigenvalue weighted by atomic mass is 9.86. The first-order valence-corrected chi connectivity index (χ1v) is 18.3. The molecule has 1 aliphatic rings. The number of hydrogen-bond donors (Lipinski definition) is 1. The number of methoxy groups -OCH3 is 1. The average Bonchev–Trinajstić information content (AvgIpc) is 2.96. The highest BCUT2D eigenvalue weighted by molar-refractivity contribution is 7.99. The Hall–Kier alpha value is -2.17. The Bertz CT molecular complexity index is 1230. The topological polar surface area (TPSA) is 66.4 Å². The first-order valence-electron chi connectivity index (χ1n) is 14.5. The average molecular weight is 611 g/mol. The summed E-state index contributed by atoms with van der Waals surface area (Å²) < 4.78 is 31.8. The molecule has 0 unspecified atom stereocenters. The molecule has 1 saturated heterocycles. The lowest BCUT2D eigenvalue weighted by molar-refractivity contribution is -0.261. The van der Waals surface area contributed by atoms with Crippen LogP contribution >= 0.6 is 11.8 Å². The van der Waals surface area contributed by atoms with Gasteiger partial charge in [-0.3, -0.25) is 0 Å². The lowest BCUT2D eigenvalue weighted by Crippen LogP contribution is -2.68. The van der Waals surface area contributed by atoms with Crippen LogP contribution < -0.4 is 4.74 Å². The van der Waals surface area contributed by atoms with Gasteiger partial charge in [0.05, 0.1) is 26.9 Å². The zero-order chi connectivity index (χ0) is 30.4. The van der Waals surface area contributed by atoms with Crippen molar-refractivity contribution in [3.05, 3.63) is 96.1 Å². The van der Waals surface area contributed by atoms with Gasteiger partial charge in [-0.2, -0.15) is 0 Å². The summed E-state index contributed by atoms with van der Waals surface area (Å²) in [4.78, 5) is 1.06. The van der Waals surface area contributed by atoms with Gasteiger partial charge >= 0.3 is 0 Å². The predicted molar refractivity (Wildman–Crippen MR) is 171 cm³/mol. The van der Waals surface area contributed by atoms with Crippen LogP contribution in [0.25, 0.3) is 0 Å². The van der Waals surface area contributed by atoms with Crippen molar-refractivity contribution in [3.8, 4) is 5.75 Å². The Morgan fingerprint density at radius 2 is 1.48 bits per heavy atom. The van der Waals surface area contributed by atoms with Crippen molar-refractivity contribution in [2.24, 2.45) is 0 Å². The normalized spacial score (nSPS) is 24.9. The molecule has 0 aliphatic carbocycles. The number of aliphatic hydroxyl groups is 1. The Labute approximate surface area is 256 Å². The maximum Gasteiger partial charge on any atom is 0.192 e. The van der Waals surface area contributed by atoms with Crippen molar-refractivity contribution in [2.45, 2.75) is 93.3 Å². The summed E-state index contributed by atoms with van der Waals surface area (Å²) in [5, 5.41) is 12.2. The summed E-state index contributed by atoms with van der Waals surface area (Å²) in [6.45, 7) is 13.8. The maximum atomic E-state index is 12.2. The van der Waals surface area contributed by atoms with Gasteiger partial charge in [0.15, 0.2) is 8.32 Å². The standard InChI is InChI=1S/C34H46O6SSi/c1-33(2,3)42(6,7)40-31-30(38-23-25-14-10-8-11-15-25)32(41-28-16-12-9-13-17-28)39-29(34(31,4)35)24-37-22-26-18-20-27(36-5)21-19-26/h8-21,29-32,35H,22-24H2,1-7H3/t29-,30-,31-,32+,34+/m1/s1. The van der Waals surface area contributed by atoms with Gasteiger partial charge in [0, 0.05) is 4.90 Å². The van der Waals surface area contributed by atoms with Crippen LogP contribution in [0.4, 0.5) is 0 Å². The van der Waals surface area contributed by atoms with Crippen LogP contribution in [0.3, 0.4) is 0 Å². The quantitative estimate of drug-likeness (QED) is 0.214. The van der Waals surface area contributed by atoms with Crippen LogP contribution in [0.5, 0.6) is 5.75 Å². The Kier molecular flexibility index (Phi) is 11.0. The van der Waals surface area contributed by atoms with Crippen LogP contribution in [0.2, 0.25) is 18.1 Å². The highest BCUT2D eigenvalue weighted by atomic mass is 32.2. The predicted octanol–water partition coefficient (Wildman–Crippen LogP) is 7.46. The fraction of sp³-hybridized carbons (Fsp3) is 0.471. The van der Waals surface area contributed by atoms with Gasteiger partial charge in [0.2, 0.25) is 0 Å². The largest absolute Gasteiger partial charge is 0.497 e. The zero-order valence-electron chi connectivity index (χ0n) is 25.9. The summed E-state index contributed by atoms with van der Waals surface area (Å²) in [5.41, 5.74) is 0.266. The molecule has 0 amide bonds. The van der Waals surface area contributed by atoms with Gasteiger partial charge in [-0.1, -0.05) is 93.2 Å². The molecule has 42 heavy (non-hydrogen) atoms. The summed E-state index contributed by atoms with van der Waals surface area (Å²) in [6.07, 6.45) is -1.80. The monoisotopic (exact) mass is 610 g/mol. The lowest BCUT2D eigenvalue weighted by Gasteiger charge is -2.53.